The van der Waals surface area contributed by atoms with Gasteiger partial charge in [0, 0.05) is 6.54 Å². The molecule has 2 aromatic heterocycles. The van der Waals surface area contributed by atoms with Crippen LogP contribution < -0.4 is 11.2 Å². The number of thiophene rings is 1. The van der Waals surface area contributed by atoms with Crippen LogP contribution in [0.3, 0.4) is 0 Å². The zero-order valence-corrected chi connectivity index (χ0v) is 10.1. The van der Waals surface area contributed by atoms with Gasteiger partial charge in [-0.3, -0.25) is 18.7 Å². The highest BCUT2D eigenvalue weighted by Gasteiger charge is 2.14. The molecule has 0 saturated heterocycles. The molecule has 0 spiro atoms. The Morgan fingerprint density at radius 2 is 2.17 bits per heavy atom. The minimum Gasteiger partial charge on any atom is -0.480 e. The number of carboxylic acid groups (broad SMARTS) is 1. The summed E-state index contributed by atoms with van der Waals surface area (Å²) in [6.07, 6.45) is 1.42. The molecular formula is C11H10N2O4S. The molecule has 94 valence electrons. The van der Waals surface area contributed by atoms with Gasteiger partial charge in [-0.05, 0) is 11.4 Å². The van der Waals surface area contributed by atoms with E-state index in [1.54, 1.807) is 11.4 Å². The summed E-state index contributed by atoms with van der Waals surface area (Å²) in [5.41, 5.74) is -0.683. The van der Waals surface area contributed by atoms with Crippen molar-refractivity contribution in [1.82, 2.24) is 9.13 Å². The second-order valence-electron chi connectivity index (χ2n) is 3.60. The number of carbonyl (C=O) groups is 1. The van der Waals surface area contributed by atoms with Gasteiger partial charge < -0.3 is 5.11 Å². The van der Waals surface area contributed by atoms with Crippen LogP contribution in [0.15, 0.2) is 33.7 Å². The van der Waals surface area contributed by atoms with Crippen LogP contribution in [0.5, 0.6) is 0 Å². The molecule has 0 atom stereocenters. The van der Waals surface area contributed by atoms with Gasteiger partial charge in [0.2, 0.25) is 0 Å². The third-order valence-electron chi connectivity index (χ3n) is 2.44. The van der Waals surface area contributed by atoms with E-state index in [1.807, 2.05) is 0 Å². The van der Waals surface area contributed by atoms with Crippen molar-refractivity contribution in [3.8, 4) is 0 Å². The van der Waals surface area contributed by atoms with Crippen LogP contribution >= 0.6 is 11.3 Å². The molecule has 2 aromatic rings. The minimum atomic E-state index is -1.13. The summed E-state index contributed by atoms with van der Waals surface area (Å²) in [6.45, 7) is 3.07. The molecule has 1 N–H and O–H groups in total. The highest BCUT2D eigenvalue weighted by Crippen LogP contribution is 2.14. The van der Waals surface area contributed by atoms with Gasteiger partial charge in [0.25, 0.3) is 5.56 Å². The number of carboxylic acids is 1. The Hall–Kier alpha value is -2.15. The van der Waals surface area contributed by atoms with E-state index < -0.39 is 23.8 Å². The molecule has 0 saturated carbocycles. The van der Waals surface area contributed by atoms with Crippen LogP contribution in [0, 0.1) is 0 Å². The number of rotatable bonds is 4. The lowest BCUT2D eigenvalue weighted by Gasteiger charge is -2.08. The molecule has 0 amide bonds. The fourth-order valence-corrected chi connectivity index (χ4v) is 2.55. The summed E-state index contributed by atoms with van der Waals surface area (Å²) in [6, 6.07) is 1.57. The van der Waals surface area contributed by atoms with Gasteiger partial charge in [0.1, 0.15) is 11.2 Å². The largest absolute Gasteiger partial charge is 0.480 e. The maximum Gasteiger partial charge on any atom is 0.332 e. The summed E-state index contributed by atoms with van der Waals surface area (Å²) in [4.78, 5) is 34.8. The molecule has 7 heteroatoms. The van der Waals surface area contributed by atoms with Crippen molar-refractivity contribution in [2.75, 3.05) is 0 Å². The summed E-state index contributed by atoms with van der Waals surface area (Å²) < 4.78 is 2.44. The number of aromatic nitrogens is 2. The molecule has 0 bridgehead atoms. The Labute approximate surface area is 105 Å². The van der Waals surface area contributed by atoms with Crippen LogP contribution in [-0.2, 0) is 17.9 Å². The first-order chi connectivity index (χ1) is 8.56. The Morgan fingerprint density at radius 1 is 1.44 bits per heavy atom. The number of allylic oxidation sites excluding steroid dienone is 1. The van der Waals surface area contributed by atoms with E-state index in [-0.39, 0.29) is 6.54 Å². The zero-order valence-electron chi connectivity index (χ0n) is 9.33. The fourth-order valence-electron chi connectivity index (χ4n) is 1.71. The normalized spacial score (nSPS) is 10.7. The van der Waals surface area contributed by atoms with E-state index in [0.717, 1.165) is 9.13 Å². The summed E-state index contributed by atoms with van der Waals surface area (Å²) >= 11 is 1.18. The molecule has 0 unspecified atom stereocenters. The van der Waals surface area contributed by atoms with Gasteiger partial charge in [-0.2, -0.15) is 0 Å². The Morgan fingerprint density at radius 3 is 2.78 bits per heavy atom. The average molecular weight is 266 g/mol. The monoisotopic (exact) mass is 266 g/mol. The standard InChI is InChI=1S/C11H10N2O4S/c1-2-4-12-10(16)9-7(3-5-18-9)13(11(12)17)6-8(14)15/h2-3,5H,1,4,6H2,(H,14,15). The van der Waals surface area contributed by atoms with Crippen LogP contribution in [0.4, 0.5) is 0 Å². The van der Waals surface area contributed by atoms with Gasteiger partial charge in [-0.1, -0.05) is 6.08 Å². The number of fused-ring (bicyclic) bond motifs is 1. The number of aliphatic carboxylic acids is 1. The Bertz CT molecular complexity index is 738. The summed E-state index contributed by atoms with van der Waals surface area (Å²) in [7, 11) is 0. The highest BCUT2D eigenvalue weighted by atomic mass is 32.1. The van der Waals surface area contributed by atoms with E-state index in [4.69, 9.17) is 5.11 Å². The number of hydrogen-bond donors (Lipinski definition) is 1. The first-order valence-electron chi connectivity index (χ1n) is 5.09. The molecule has 0 aliphatic carbocycles. The SMILES string of the molecule is C=CCn1c(=O)c2sccc2n(CC(=O)O)c1=O. The zero-order chi connectivity index (χ0) is 13.3. The first-order valence-corrected chi connectivity index (χ1v) is 5.97. The van der Waals surface area contributed by atoms with E-state index in [1.165, 1.54) is 17.4 Å². The third kappa shape index (κ3) is 1.88. The maximum absolute atomic E-state index is 12.0. The van der Waals surface area contributed by atoms with E-state index in [2.05, 4.69) is 6.58 Å². The first kappa shape index (κ1) is 12.3. The molecule has 2 heterocycles. The summed E-state index contributed by atoms with van der Waals surface area (Å²) in [5, 5.41) is 10.5. The van der Waals surface area contributed by atoms with Crippen LogP contribution in [0.25, 0.3) is 10.2 Å². The molecule has 18 heavy (non-hydrogen) atoms. The molecule has 0 radical (unpaired) electrons. The molecule has 0 aliphatic rings. The molecule has 0 aliphatic heterocycles. The predicted octanol–water partition coefficient (Wildman–Crippen LogP) is 0.495. The fraction of sp³-hybridized carbons (Fsp3) is 0.182. The topological polar surface area (TPSA) is 81.3 Å². The Balaban J connectivity index is 2.86. The molecular weight excluding hydrogens is 256 g/mol. The lowest BCUT2D eigenvalue weighted by molar-refractivity contribution is -0.137. The van der Waals surface area contributed by atoms with Crippen LogP contribution in [0.2, 0.25) is 0 Å². The van der Waals surface area contributed by atoms with Gasteiger partial charge in [-0.15, -0.1) is 17.9 Å². The van der Waals surface area contributed by atoms with Crippen LogP contribution in [0.1, 0.15) is 0 Å². The molecule has 2 rings (SSSR count). The predicted molar refractivity (Wildman–Crippen MR) is 68.2 cm³/mol. The summed E-state index contributed by atoms with van der Waals surface area (Å²) in [5.74, 6) is -1.13. The highest BCUT2D eigenvalue weighted by molar-refractivity contribution is 7.17. The van der Waals surface area contributed by atoms with E-state index >= 15 is 0 Å². The minimum absolute atomic E-state index is 0.0606. The van der Waals surface area contributed by atoms with Crippen molar-refractivity contribution in [2.45, 2.75) is 13.1 Å². The lowest BCUT2D eigenvalue weighted by Crippen LogP contribution is -2.40. The second-order valence-corrected chi connectivity index (χ2v) is 4.52. The molecule has 6 nitrogen and oxygen atoms in total. The molecule has 0 aromatic carbocycles. The third-order valence-corrected chi connectivity index (χ3v) is 3.33. The average Bonchev–Trinajstić information content (AvgIpc) is 2.79. The Kier molecular flexibility index (Phi) is 3.15. The quantitative estimate of drug-likeness (QED) is 0.817. The van der Waals surface area contributed by atoms with Crippen molar-refractivity contribution in [2.24, 2.45) is 0 Å². The van der Waals surface area contributed by atoms with Gasteiger partial charge in [-0.25, -0.2) is 4.79 Å². The second kappa shape index (κ2) is 4.61. The van der Waals surface area contributed by atoms with Crippen molar-refractivity contribution in [3.05, 3.63) is 44.9 Å². The smallest absolute Gasteiger partial charge is 0.332 e. The maximum atomic E-state index is 12.0. The van der Waals surface area contributed by atoms with Crippen molar-refractivity contribution < 1.29 is 9.90 Å². The van der Waals surface area contributed by atoms with Crippen molar-refractivity contribution >= 4 is 27.5 Å². The van der Waals surface area contributed by atoms with Gasteiger partial charge >= 0.3 is 11.7 Å². The van der Waals surface area contributed by atoms with Crippen molar-refractivity contribution in [1.29, 1.82) is 0 Å². The lowest BCUT2D eigenvalue weighted by atomic mass is 10.4. The number of hydrogen-bond acceptors (Lipinski definition) is 4. The van der Waals surface area contributed by atoms with Gasteiger partial charge in [0.15, 0.2) is 0 Å². The number of nitrogens with zero attached hydrogens (tertiary/aromatic N) is 2. The van der Waals surface area contributed by atoms with Gasteiger partial charge in [0.05, 0.1) is 5.52 Å². The molecule has 0 fully saturated rings. The van der Waals surface area contributed by atoms with E-state index in [0.29, 0.717) is 10.2 Å². The van der Waals surface area contributed by atoms with Crippen LogP contribution in [-0.4, -0.2) is 20.2 Å². The van der Waals surface area contributed by atoms with Crippen molar-refractivity contribution in [3.63, 3.8) is 0 Å². The van der Waals surface area contributed by atoms with E-state index in [9.17, 15) is 14.4 Å².